The van der Waals surface area contributed by atoms with Gasteiger partial charge in [0.2, 0.25) is 0 Å². The van der Waals surface area contributed by atoms with Gasteiger partial charge < -0.3 is 0 Å². The Morgan fingerprint density at radius 2 is 1.89 bits per heavy atom. The third-order valence-electron chi connectivity index (χ3n) is 3.64. The fraction of sp³-hybridized carbons (Fsp3) is 0.500. The summed E-state index contributed by atoms with van der Waals surface area (Å²) in [4.78, 5) is 14.5. The number of nitrogens with zero attached hydrogens (tertiary/aromatic N) is 1. The van der Waals surface area contributed by atoms with Crippen molar-refractivity contribution in [1.82, 2.24) is 4.90 Å². The number of carbonyl (C=O) groups is 1. The molecule has 4 heteroatoms. The van der Waals surface area contributed by atoms with Gasteiger partial charge in [-0.1, -0.05) is 19.9 Å². The van der Waals surface area contributed by atoms with Crippen LogP contribution in [0.25, 0.3) is 0 Å². The number of ketones is 1. The third-order valence-corrected chi connectivity index (χ3v) is 4.26. The van der Waals surface area contributed by atoms with Gasteiger partial charge >= 0.3 is 0 Å². The Morgan fingerprint density at radius 3 is 2.33 bits per heavy atom. The Bertz CT molecular complexity index is 441. The van der Waals surface area contributed by atoms with Crippen LogP contribution in [0, 0.1) is 5.82 Å². The maximum Gasteiger partial charge on any atom is 0.186 e. The highest BCUT2D eigenvalue weighted by atomic mass is 79.9. The quantitative estimate of drug-likeness (QED) is 0.768. The number of benzene rings is 1. The van der Waals surface area contributed by atoms with Crippen LogP contribution in [0.2, 0.25) is 0 Å². The molecule has 100 valence electrons. The van der Waals surface area contributed by atoms with E-state index in [0.29, 0.717) is 17.3 Å². The van der Waals surface area contributed by atoms with E-state index in [2.05, 4.69) is 15.9 Å². The summed E-state index contributed by atoms with van der Waals surface area (Å²) in [6.07, 6.45) is 1.31. The molecule has 0 amide bonds. The summed E-state index contributed by atoms with van der Waals surface area (Å²) in [7, 11) is 3.72. The zero-order chi connectivity index (χ0) is 13.9. The van der Waals surface area contributed by atoms with Gasteiger partial charge in [0.25, 0.3) is 0 Å². The number of carbonyl (C=O) groups excluding carboxylic acids is 1. The number of Topliss-reactive ketones (excluding diaryl/α,β-unsaturated/α-hetero) is 1. The maximum atomic E-state index is 14.0. The Hall–Kier alpha value is -0.740. The van der Waals surface area contributed by atoms with Gasteiger partial charge in [-0.25, -0.2) is 4.39 Å². The van der Waals surface area contributed by atoms with Gasteiger partial charge in [-0.2, -0.15) is 0 Å². The molecule has 0 spiro atoms. The van der Waals surface area contributed by atoms with Crippen LogP contribution in [0.4, 0.5) is 4.39 Å². The van der Waals surface area contributed by atoms with Crippen molar-refractivity contribution in [3.05, 3.63) is 34.1 Å². The van der Waals surface area contributed by atoms with Crippen LogP contribution in [-0.4, -0.2) is 30.3 Å². The lowest BCUT2D eigenvalue weighted by molar-refractivity contribution is 0.0651. The first kappa shape index (κ1) is 15.3. The molecule has 0 fully saturated rings. The lowest BCUT2D eigenvalue weighted by atomic mass is 9.83. The van der Waals surface area contributed by atoms with Crippen molar-refractivity contribution in [2.24, 2.45) is 0 Å². The summed E-state index contributed by atoms with van der Waals surface area (Å²) in [6.45, 7) is 3.91. The molecule has 1 aromatic rings. The molecule has 0 bridgehead atoms. The van der Waals surface area contributed by atoms with Crippen LogP contribution in [0.15, 0.2) is 22.7 Å². The summed E-state index contributed by atoms with van der Waals surface area (Å²) in [5, 5.41) is 0. The zero-order valence-corrected chi connectivity index (χ0v) is 12.8. The molecular formula is C14H19BrFNO. The van der Waals surface area contributed by atoms with Crippen molar-refractivity contribution in [3.63, 3.8) is 0 Å². The van der Waals surface area contributed by atoms with Crippen LogP contribution in [0.1, 0.15) is 37.0 Å². The van der Waals surface area contributed by atoms with Crippen molar-refractivity contribution in [3.8, 4) is 0 Å². The van der Waals surface area contributed by atoms with Gasteiger partial charge in [0.15, 0.2) is 5.78 Å². The molecule has 0 aromatic heterocycles. The monoisotopic (exact) mass is 315 g/mol. The maximum absolute atomic E-state index is 14.0. The first-order chi connectivity index (χ1) is 8.40. The van der Waals surface area contributed by atoms with Gasteiger partial charge in [-0.3, -0.25) is 9.69 Å². The minimum Gasteiger partial charge on any atom is -0.297 e. The number of halogens is 2. The smallest absolute Gasteiger partial charge is 0.186 e. The first-order valence-electron chi connectivity index (χ1n) is 6.07. The Balaban J connectivity index is 3.31. The second kappa shape index (κ2) is 5.93. The van der Waals surface area contributed by atoms with E-state index in [0.717, 1.165) is 0 Å². The average molecular weight is 316 g/mol. The molecule has 18 heavy (non-hydrogen) atoms. The van der Waals surface area contributed by atoms with Gasteiger partial charge in [0.05, 0.1) is 15.6 Å². The summed E-state index contributed by atoms with van der Waals surface area (Å²) in [6, 6.07) is 4.83. The second-order valence-electron chi connectivity index (χ2n) is 4.56. The second-order valence-corrected chi connectivity index (χ2v) is 5.42. The van der Waals surface area contributed by atoms with Crippen molar-refractivity contribution in [2.45, 2.75) is 32.2 Å². The largest absolute Gasteiger partial charge is 0.297 e. The number of likely N-dealkylation sites (N-methyl/N-ethyl adjacent to an activating group) is 1. The van der Waals surface area contributed by atoms with E-state index in [1.54, 1.807) is 18.2 Å². The lowest BCUT2D eigenvalue weighted by Gasteiger charge is -2.37. The Kier molecular flexibility index (Phi) is 5.05. The predicted molar refractivity (Wildman–Crippen MR) is 75.4 cm³/mol. The van der Waals surface area contributed by atoms with E-state index in [4.69, 9.17) is 0 Å². The van der Waals surface area contributed by atoms with Crippen LogP contribution in [0.5, 0.6) is 0 Å². The standard InChI is InChI=1S/C14H19BrFNO/c1-5-14(6-2,17(3)4)13(18)10-8-7-9-11(15)12(10)16/h7-9H,5-6H2,1-4H3. The molecule has 0 unspecified atom stereocenters. The van der Waals surface area contributed by atoms with Gasteiger partial charge in [-0.15, -0.1) is 0 Å². The fourth-order valence-electron chi connectivity index (χ4n) is 2.34. The van der Waals surface area contributed by atoms with Crippen molar-refractivity contribution >= 4 is 21.7 Å². The topological polar surface area (TPSA) is 20.3 Å². The molecule has 1 aromatic carbocycles. The summed E-state index contributed by atoms with van der Waals surface area (Å²) in [5.41, 5.74) is -0.483. The van der Waals surface area contributed by atoms with Gasteiger partial charge in [-0.05, 0) is 55.0 Å². The first-order valence-corrected chi connectivity index (χ1v) is 6.86. The lowest BCUT2D eigenvalue weighted by Crippen LogP contribution is -2.50. The van der Waals surface area contributed by atoms with Crippen molar-refractivity contribution in [1.29, 1.82) is 0 Å². The average Bonchev–Trinajstić information content (AvgIpc) is 2.34. The van der Waals surface area contributed by atoms with Gasteiger partial charge in [0.1, 0.15) is 5.82 Å². The molecule has 0 N–H and O–H groups in total. The minimum absolute atomic E-state index is 0.154. The molecule has 0 radical (unpaired) electrons. The van der Waals surface area contributed by atoms with Crippen LogP contribution in [0.3, 0.4) is 0 Å². The van der Waals surface area contributed by atoms with E-state index < -0.39 is 11.4 Å². The van der Waals surface area contributed by atoms with Gasteiger partial charge in [0, 0.05) is 0 Å². The molecular weight excluding hydrogens is 297 g/mol. The summed E-state index contributed by atoms with van der Waals surface area (Å²) < 4.78 is 14.4. The molecule has 0 aliphatic carbocycles. The van der Waals surface area contributed by atoms with Crippen LogP contribution in [-0.2, 0) is 0 Å². The molecule has 0 aliphatic rings. The Labute approximate surface area is 116 Å². The minimum atomic E-state index is -0.637. The van der Waals surface area contributed by atoms with E-state index in [-0.39, 0.29) is 11.3 Å². The molecule has 2 nitrogen and oxygen atoms in total. The highest BCUT2D eigenvalue weighted by Crippen LogP contribution is 2.29. The van der Waals surface area contributed by atoms with Crippen LogP contribution < -0.4 is 0 Å². The summed E-state index contributed by atoms with van der Waals surface area (Å²) >= 11 is 3.12. The van der Waals surface area contributed by atoms with Crippen molar-refractivity contribution < 1.29 is 9.18 Å². The van der Waals surface area contributed by atoms with Crippen LogP contribution >= 0.6 is 15.9 Å². The molecule has 1 rings (SSSR count). The molecule has 0 atom stereocenters. The van der Waals surface area contributed by atoms with E-state index in [1.165, 1.54) is 0 Å². The number of hydrogen-bond acceptors (Lipinski definition) is 2. The van der Waals surface area contributed by atoms with E-state index in [1.807, 2.05) is 32.8 Å². The fourth-order valence-corrected chi connectivity index (χ4v) is 2.70. The Morgan fingerprint density at radius 1 is 1.33 bits per heavy atom. The normalized spacial score (nSPS) is 11.9. The predicted octanol–water partition coefficient (Wildman–Crippen LogP) is 3.89. The highest BCUT2D eigenvalue weighted by Gasteiger charge is 2.38. The number of rotatable bonds is 5. The summed E-state index contributed by atoms with van der Waals surface area (Å²) in [5.74, 6) is -0.632. The molecule has 0 heterocycles. The molecule has 0 aliphatic heterocycles. The molecule has 0 saturated carbocycles. The van der Waals surface area contributed by atoms with Crippen molar-refractivity contribution in [2.75, 3.05) is 14.1 Å². The molecule has 0 saturated heterocycles. The van der Waals surface area contributed by atoms with E-state index >= 15 is 0 Å². The number of hydrogen-bond donors (Lipinski definition) is 0. The highest BCUT2D eigenvalue weighted by molar-refractivity contribution is 9.10. The van der Waals surface area contributed by atoms with E-state index in [9.17, 15) is 9.18 Å². The third kappa shape index (κ3) is 2.50. The zero-order valence-electron chi connectivity index (χ0n) is 11.3. The SMILES string of the molecule is CCC(CC)(C(=O)c1cccc(Br)c1F)N(C)C.